The van der Waals surface area contributed by atoms with Gasteiger partial charge in [-0.05, 0) is 55.2 Å². The molecule has 1 amide bonds. The lowest BCUT2D eigenvalue weighted by Gasteiger charge is -2.27. The smallest absolute Gasteiger partial charge is 0.245 e. The van der Waals surface area contributed by atoms with Crippen LogP contribution in [0, 0.1) is 6.92 Å². The van der Waals surface area contributed by atoms with E-state index in [4.69, 9.17) is 0 Å². The summed E-state index contributed by atoms with van der Waals surface area (Å²) in [4.78, 5) is 16.5. The Labute approximate surface area is 154 Å². The largest absolute Gasteiger partial charge is 0.325 e. The number of aromatic nitrogens is 1. The summed E-state index contributed by atoms with van der Waals surface area (Å²) in [5.41, 5.74) is 2.00. The van der Waals surface area contributed by atoms with Crippen LogP contribution in [0.1, 0.15) is 30.4 Å². The van der Waals surface area contributed by atoms with Gasteiger partial charge >= 0.3 is 0 Å². The summed E-state index contributed by atoms with van der Waals surface area (Å²) in [7, 11) is -3.63. The van der Waals surface area contributed by atoms with Crippen molar-refractivity contribution in [2.24, 2.45) is 0 Å². The molecule has 0 bridgehead atoms. The third-order valence-electron chi connectivity index (χ3n) is 4.46. The molecule has 1 aromatic carbocycles. The van der Waals surface area contributed by atoms with E-state index < -0.39 is 10.0 Å². The number of piperidine rings is 1. The highest BCUT2D eigenvalue weighted by atomic mass is 32.2. The van der Waals surface area contributed by atoms with Gasteiger partial charge < -0.3 is 5.32 Å². The number of aryl methyl sites for hydroxylation is 1. The Morgan fingerprint density at radius 2 is 1.81 bits per heavy atom. The Kier molecular flexibility index (Phi) is 5.68. The van der Waals surface area contributed by atoms with E-state index in [0.29, 0.717) is 18.8 Å². The van der Waals surface area contributed by atoms with Crippen LogP contribution in [-0.2, 0) is 21.2 Å². The number of rotatable bonds is 5. The van der Waals surface area contributed by atoms with Crippen LogP contribution in [0.25, 0.3) is 0 Å². The van der Waals surface area contributed by atoms with Gasteiger partial charge in [-0.1, -0.05) is 12.5 Å². The van der Waals surface area contributed by atoms with E-state index in [1.165, 1.54) is 4.31 Å². The van der Waals surface area contributed by atoms with E-state index in [1.807, 2.05) is 6.92 Å². The lowest BCUT2D eigenvalue weighted by molar-refractivity contribution is -0.115. The molecule has 0 radical (unpaired) electrons. The SMILES string of the molecule is Cc1ccc(NC(=O)Cc2ccncc2)c(S(=O)(=O)N2CCCCC2)c1. The average molecular weight is 373 g/mol. The first-order valence-electron chi connectivity index (χ1n) is 8.76. The fourth-order valence-corrected chi connectivity index (χ4v) is 4.82. The zero-order chi connectivity index (χ0) is 18.6. The van der Waals surface area contributed by atoms with Crippen LogP contribution in [-0.4, -0.2) is 36.7 Å². The number of anilines is 1. The van der Waals surface area contributed by atoms with Gasteiger partial charge in [0.15, 0.2) is 0 Å². The summed E-state index contributed by atoms with van der Waals surface area (Å²) < 4.78 is 27.7. The normalized spacial score (nSPS) is 15.6. The quantitative estimate of drug-likeness (QED) is 0.874. The van der Waals surface area contributed by atoms with Gasteiger partial charge in [-0.15, -0.1) is 0 Å². The zero-order valence-electron chi connectivity index (χ0n) is 14.8. The summed E-state index contributed by atoms with van der Waals surface area (Å²) in [5, 5.41) is 2.77. The van der Waals surface area contributed by atoms with Crippen molar-refractivity contribution in [2.75, 3.05) is 18.4 Å². The summed E-state index contributed by atoms with van der Waals surface area (Å²) in [5.74, 6) is -0.254. The first-order chi connectivity index (χ1) is 12.5. The number of hydrogen-bond donors (Lipinski definition) is 1. The van der Waals surface area contributed by atoms with Crippen LogP contribution in [0.4, 0.5) is 5.69 Å². The number of nitrogens with zero attached hydrogens (tertiary/aromatic N) is 2. The minimum absolute atomic E-state index is 0.166. The molecule has 0 saturated carbocycles. The van der Waals surface area contributed by atoms with Gasteiger partial charge in [0, 0.05) is 25.5 Å². The second-order valence-corrected chi connectivity index (χ2v) is 8.45. The Balaban J connectivity index is 1.85. The Morgan fingerprint density at radius 1 is 1.12 bits per heavy atom. The number of benzene rings is 1. The number of hydrogen-bond acceptors (Lipinski definition) is 4. The first kappa shape index (κ1) is 18.5. The second kappa shape index (κ2) is 7.97. The number of nitrogens with one attached hydrogen (secondary N) is 1. The predicted octanol–water partition coefficient (Wildman–Crippen LogP) is 2.75. The average Bonchev–Trinajstić information content (AvgIpc) is 2.64. The topological polar surface area (TPSA) is 79.4 Å². The van der Waals surface area contributed by atoms with Gasteiger partial charge in [0.2, 0.25) is 15.9 Å². The molecule has 2 aromatic rings. The number of pyridine rings is 1. The number of sulfonamides is 1. The Hall–Kier alpha value is -2.25. The van der Waals surface area contributed by atoms with Crippen LogP contribution >= 0.6 is 0 Å². The third-order valence-corrected chi connectivity index (χ3v) is 6.40. The van der Waals surface area contributed by atoms with Crippen LogP contribution in [0.15, 0.2) is 47.6 Å². The van der Waals surface area contributed by atoms with Crippen molar-refractivity contribution in [1.29, 1.82) is 0 Å². The molecule has 0 unspecified atom stereocenters. The Bertz CT molecular complexity index is 876. The molecule has 26 heavy (non-hydrogen) atoms. The van der Waals surface area contributed by atoms with Gasteiger partial charge in [0.25, 0.3) is 0 Å². The molecule has 1 N–H and O–H groups in total. The van der Waals surface area contributed by atoms with E-state index in [-0.39, 0.29) is 17.2 Å². The highest BCUT2D eigenvalue weighted by molar-refractivity contribution is 7.89. The highest BCUT2D eigenvalue weighted by Gasteiger charge is 2.28. The molecule has 1 aliphatic heterocycles. The first-order valence-corrected chi connectivity index (χ1v) is 10.2. The molecule has 1 saturated heterocycles. The molecule has 1 aliphatic rings. The van der Waals surface area contributed by atoms with Gasteiger partial charge in [-0.25, -0.2) is 8.42 Å². The molecule has 0 atom stereocenters. The van der Waals surface area contributed by atoms with Gasteiger partial charge in [0.05, 0.1) is 12.1 Å². The minimum atomic E-state index is -3.63. The highest BCUT2D eigenvalue weighted by Crippen LogP contribution is 2.28. The van der Waals surface area contributed by atoms with Crippen molar-refractivity contribution in [2.45, 2.75) is 37.5 Å². The van der Waals surface area contributed by atoms with Gasteiger partial charge in [-0.3, -0.25) is 9.78 Å². The van der Waals surface area contributed by atoms with Crippen molar-refractivity contribution in [1.82, 2.24) is 9.29 Å². The molecular weight excluding hydrogens is 350 g/mol. The molecule has 3 rings (SSSR count). The maximum atomic E-state index is 13.1. The van der Waals surface area contributed by atoms with Gasteiger partial charge in [-0.2, -0.15) is 4.31 Å². The molecule has 0 aliphatic carbocycles. The van der Waals surface area contributed by atoms with E-state index in [9.17, 15) is 13.2 Å². The maximum absolute atomic E-state index is 13.1. The number of carbonyl (C=O) groups excluding carboxylic acids is 1. The minimum Gasteiger partial charge on any atom is -0.325 e. The molecule has 138 valence electrons. The van der Waals surface area contributed by atoms with Crippen molar-refractivity contribution in [3.05, 3.63) is 53.9 Å². The van der Waals surface area contributed by atoms with E-state index in [2.05, 4.69) is 10.3 Å². The summed E-state index contributed by atoms with van der Waals surface area (Å²) in [6.07, 6.45) is 6.21. The molecule has 2 heterocycles. The predicted molar refractivity (Wildman–Crippen MR) is 100 cm³/mol. The van der Waals surface area contributed by atoms with Crippen molar-refractivity contribution < 1.29 is 13.2 Å². The van der Waals surface area contributed by atoms with Gasteiger partial charge in [0.1, 0.15) is 4.90 Å². The Morgan fingerprint density at radius 3 is 2.50 bits per heavy atom. The summed E-state index contributed by atoms with van der Waals surface area (Å²) in [6.45, 7) is 2.90. The molecule has 7 heteroatoms. The number of carbonyl (C=O) groups is 1. The summed E-state index contributed by atoms with van der Waals surface area (Å²) in [6, 6.07) is 8.63. The fraction of sp³-hybridized carbons (Fsp3) is 0.368. The fourth-order valence-electron chi connectivity index (χ4n) is 3.07. The van der Waals surface area contributed by atoms with Crippen molar-refractivity contribution in [3.63, 3.8) is 0 Å². The molecule has 1 aromatic heterocycles. The van der Waals surface area contributed by atoms with Crippen molar-refractivity contribution >= 4 is 21.6 Å². The maximum Gasteiger partial charge on any atom is 0.245 e. The second-order valence-electron chi connectivity index (χ2n) is 6.54. The van der Waals surface area contributed by atoms with Crippen molar-refractivity contribution in [3.8, 4) is 0 Å². The van der Waals surface area contributed by atoms with E-state index in [0.717, 1.165) is 30.4 Å². The van der Waals surface area contributed by atoms with Crippen LogP contribution in [0.3, 0.4) is 0 Å². The lowest BCUT2D eigenvalue weighted by atomic mass is 10.2. The monoisotopic (exact) mass is 373 g/mol. The number of amides is 1. The summed E-state index contributed by atoms with van der Waals surface area (Å²) >= 11 is 0. The molecule has 6 nitrogen and oxygen atoms in total. The third kappa shape index (κ3) is 4.28. The van der Waals surface area contributed by atoms with E-state index >= 15 is 0 Å². The van der Waals surface area contributed by atoms with Crippen LogP contribution < -0.4 is 5.32 Å². The molecule has 0 spiro atoms. The van der Waals surface area contributed by atoms with Crippen LogP contribution in [0.5, 0.6) is 0 Å². The zero-order valence-corrected chi connectivity index (χ0v) is 15.6. The lowest BCUT2D eigenvalue weighted by Crippen LogP contribution is -2.36. The standard InChI is InChI=1S/C19H23N3O3S/c1-15-5-6-17(21-19(23)14-16-7-9-20-10-8-16)18(13-15)26(24,25)22-11-3-2-4-12-22/h5-10,13H,2-4,11-12,14H2,1H3,(H,21,23). The van der Waals surface area contributed by atoms with Crippen LogP contribution in [0.2, 0.25) is 0 Å². The molecular formula is C19H23N3O3S. The van der Waals surface area contributed by atoms with E-state index in [1.54, 1.807) is 42.7 Å². The molecule has 1 fully saturated rings.